The molecule has 0 aromatic heterocycles. The number of carbonyl (C=O) groups excluding carboxylic acids is 1. The summed E-state index contributed by atoms with van der Waals surface area (Å²) in [6.45, 7) is 0. The van der Waals surface area contributed by atoms with Crippen LogP contribution in [0.3, 0.4) is 0 Å². The van der Waals surface area contributed by atoms with E-state index in [1.807, 2.05) is 24.3 Å². The minimum atomic E-state index is -1.08. The van der Waals surface area contributed by atoms with Gasteiger partial charge < -0.3 is 10.4 Å². The molecular formula is C16H14BrNO3. The fraction of sp³-hybridized carbons (Fsp3) is 0.125. The van der Waals surface area contributed by atoms with E-state index in [-0.39, 0.29) is 12.3 Å². The number of carbonyl (C=O) groups is 2. The van der Waals surface area contributed by atoms with Crippen LogP contribution in [0.5, 0.6) is 0 Å². The van der Waals surface area contributed by atoms with Crippen LogP contribution in [-0.2, 0) is 16.0 Å². The van der Waals surface area contributed by atoms with Crippen molar-refractivity contribution in [3.05, 3.63) is 70.2 Å². The van der Waals surface area contributed by atoms with Crippen molar-refractivity contribution in [2.75, 3.05) is 0 Å². The first kappa shape index (κ1) is 15.3. The molecule has 0 saturated heterocycles. The Morgan fingerprint density at radius 2 is 1.81 bits per heavy atom. The van der Waals surface area contributed by atoms with Gasteiger partial charge in [0.15, 0.2) is 6.04 Å². The molecule has 0 spiro atoms. The summed E-state index contributed by atoms with van der Waals surface area (Å²) < 4.78 is 0.880. The van der Waals surface area contributed by atoms with Crippen molar-refractivity contribution < 1.29 is 14.7 Å². The normalized spacial score (nSPS) is 11.7. The van der Waals surface area contributed by atoms with Gasteiger partial charge >= 0.3 is 5.97 Å². The lowest BCUT2D eigenvalue weighted by atomic mass is 10.1. The molecule has 4 nitrogen and oxygen atoms in total. The Labute approximate surface area is 130 Å². The van der Waals surface area contributed by atoms with Crippen molar-refractivity contribution in [2.45, 2.75) is 12.5 Å². The molecule has 1 unspecified atom stereocenters. The number of carboxylic acids is 1. The summed E-state index contributed by atoms with van der Waals surface area (Å²) in [7, 11) is 0. The summed E-state index contributed by atoms with van der Waals surface area (Å²) in [6.07, 6.45) is 0.135. The summed E-state index contributed by atoms with van der Waals surface area (Å²) in [5.74, 6) is -1.41. The van der Waals surface area contributed by atoms with E-state index in [1.165, 1.54) is 0 Å². The minimum absolute atomic E-state index is 0.135. The van der Waals surface area contributed by atoms with Crippen molar-refractivity contribution in [3.8, 4) is 0 Å². The van der Waals surface area contributed by atoms with Gasteiger partial charge in [-0.1, -0.05) is 58.4 Å². The van der Waals surface area contributed by atoms with Crippen molar-refractivity contribution in [3.63, 3.8) is 0 Å². The quantitative estimate of drug-likeness (QED) is 0.873. The van der Waals surface area contributed by atoms with Gasteiger partial charge in [-0.15, -0.1) is 0 Å². The molecule has 0 radical (unpaired) electrons. The maximum Gasteiger partial charge on any atom is 0.330 e. The molecular weight excluding hydrogens is 334 g/mol. The summed E-state index contributed by atoms with van der Waals surface area (Å²) in [6, 6.07) is 15.0. The van der Waals surface area contributed by atoms with Crippen LogP contribution in [0.25, 0.3) is 0 Å². The molecule has 1 amide bonds. The first-order valence-electron chi connectivity index (χ1n) is 6.38. The fourth-order valence-electron chi connectivity index (χ4n) is 1.98. The molecule has 2 N–H and O–H groups in total. The van der Waals surface area contributed by atoms with E-state index in [0.29, 0.717) is 5.56 Å². The molecule has 1 atom stereocenters. The Kier molecular flexibility index (Phi) is 5.11. The molecule has 21 heavy (non-hydrogen) atoms. The van der Waals surface area contributed by atoms with Gasteiger partial charge in [0, 0.05) is 4.47 Å². The molecule has 0 bridgehead atoms. The minimum Gasteiger partial charge on any atom is -0.479 e. The van der Waals surface area contributed by atoms with Crippen LogP contribution in [0.2, 0.25) is 0 Å². The smallest absolute Gasteiger partial charge is 0.330 e. The van der Waals surface area contributed by atoms with Crippen LogP contribution in [0.15, 0.2) is 59.1 Å². The first-order chi connectivity index (χ1) is 10.1. The van der Waals surface area contributed by atoms with Crippen molar-refractivity contribution in [1.82, 2.24) is 5.32 Å². The van der Waals surface area contributed by atoms with E-state index >= 15 is 0 Å². The second-order valence-corrected chi connectivity index (χ2v) is 5.47. The van der Waals surface area contributed by atoms with Gasteiger partial charge in [-0.2, -0.15) is 0 Å². The van der Waals surface area contributed by atoms with Crippen LogP contribution in [0, 0.1) is 0 Å². The van der Waals surface area contributed by atoms with Crippen LogP contribution in [0.4, 0.5) is 0 Å². The highest BCUT2D eigenvalue weighted by Crippen LogP contribution is 2.15. The highest BCUT2D eigenvalue weighted by atomic mass is 79.9. The predicted octanol–water partition coefficient (Wildman–Crippen LogP) is 2.93. The lowest BCUT2D eigenvalue weighted by Gasteiger charge is -2.15. The Morgan fingerprint density at radius 1 is 1.10 bits per heavy atom. The van der Waals surface area contributed by atoms with Crippen LogP contribution in [0.1, 0.15) is 17.2 Å². The summed E-state index contributed by atoms with van der Waals surface area (Å²) in [4.78, 5) is 23.3. The van der Waals surface area contributed by atoms with Gasteiger partial charge in [0.1, 0.15) is 0 Å². The SMILES string of the molecule is O=C(Cc1cccc(Br)c1)NC(C(=O)O)c1ccccc1. The number of amides is 1. The molecule has 5 heteroatoms. The highest BCUT2D eigenvalue weighted by molar-refractivity contribution is 9.10. The van der Waals surface area contributed by atoms with Gasteiger partial charge in [-0.05, 0) is 23.3 Å². The molecule has 2 aromatic carbocycles. The summed E-state index contributed by atoms with van der Waals surface area (Å²) >= 11 is 3.34. The number of rotatable bonds is 5. The van der Waals surface area contributed by atoms with E-state index < -0.39 is 12.0 Å². The molecule has 108 valence electrons. The van der Waals surface area contributed by atoms with Gasteiger partial charge in [0.05, 0.1) is 6.42 Å². The topological polar surface area (TPSA) is 66.4 Å². The fourth-order valence-corrected chi connectivity index (χ4v) is 2.42. The zero-order chi connectivity index (χ0) is 15.2. The first-order valence-corrected chi connectivity index (χ1v) is 7.17. The Balaban J connectivity index is 2.07. The van der Waals surface area contributed by atoms with Gasteiger partial charge in [0.2, 0.25) is 5.91 Å². The molecule has 0 heterocycles. The average molecular weight is 348 g/mol. The van der Waals surface area contributed by atoms with Gasteiger partial charge in [0.25, 0.3) is 0 Å². The van der Waals surface area contributed by atoms with E-state index in [2.05, 4.69) is 21.2 Å². The third-order valence-corrected chi connectivity index (χ3v) is 3.43. The van der Waals surface area contributed by atoms with Crippen molar-refractivity contribution >= 4 is 27.8 Å². The molecule has 0 aliphatic rings. The predicted molar refractivity (Wildman–Crippen MR) is 82.8 cm³/mol. The monoisotopic (exact) mass is 347 g/mol. The van der Waals surface area contributed by atoms with E-state index in [4.69, 9.17) is 0 Å². The number of aliphatic carboxylic acids is 1. The number of halogens is 1. The standard InChI is InChI=1S/C16H14BrNO3/c17-13-8-4-5-11(9-13)10-14(19)18-15(16(20)21)12-6-2-1-3-7-12/h1-9,15H,10H2,(H,18,19)(H,20,21). The van der Waals surface area contributed by atoms with Crippen LogP contribution >= 0.6 is 15.9 Å². The molecule has 0 aliphatic carbocycles. The molecule has 0 fully saturated rings. The van der Waals surface area contributed by atoms with E-state index in [0.717, 1.165) is 10.0 Å². The van der Waals surface area contributed by atoms with E-state index in [1.54, 1.807) is 30.3 Å². The lowest BCUT2D eigenvalue weighted by Crippen LogP contribution is -2.34. The summed E-state index contributed by atoms with van der Waals surface area (Å²) in [5.41, 5.74) is 1.37. The molecule has 2 aromatic rings. The number of hydrogen-bond donors (Lipinski definition) is 2. The zero-order valence-electron chi connectivity index (χ0n) is 11.1. The molecule has 0 aliphatic heterocycles. The third kappa shape index (κ3) is 4.43. The number of hydrogen-bond acceptors (Lipinski definition) is 2. The van der Waals surface area contributed by atoms with Crippen molar-refractivity contribution in [1.29, 1.82) is 0 Å². The number of nitrogens with one attached hydrogen (secondary N) is 1. The summed E-state index contributed by atoms with van der Waals surface area (Å²) in [5, 5.41) is 11.8. The van der Waals surface area contributed by atoms with Crippen LogP contribution in [-0.4, -0.2) is 17.0 Å². The highest BCUT2D eigenvalue weighted by Gasteiger charge is 2.21. The third-order valence-electron chi connectivity index (χ3n) is 2.94. The average Bonchev–Trinajstić information content (AvgIpc) is 2.45. The Bertz CT molecular complexity index is 643. The van der Waals surface area contributed by atoms with Crippen LogP contribution < -0.4 is 5.32 Å². The second kappa shape index (κ2) is 7.04. The lowest BCUT2D eigenvalue weighted by molar-refractivity contribution is -0.141. The molecule has 2 rings (SSSR count). The van der Waals surface area contributed by atoms with Crippen molar-refractivity contribution in [2.24, 2.45) is 0 Å². The van der Waals surface area contributed by atoms with E-state index in [9.17, 15) is 14.7 Å². The van der Waals surface area contributed by atoms with Gasteiger partial charge in [-0.25, -0.2) is 4.79 Å². The number of benzene rings is 2. The number of carboxylic acid groups (broad SMARTS) is 1. The Hall–Kier alpha value is -2.14. The largest absolute Gasteiger partial charge is 0.479 e. The van der Waals surface area contributed by atoms with Gasteiger partial charge in [-0.3, -0.25) is 4.79 Å². The maximum atomic E-state index is 12.0. The zero-order valence-corrected chi connectivity index (χ0v) is 12.7. The maximum absolute atomic E-state index is 12.0. The second-order valence-electron chi connectivity index (χ2n) is 4.56. The Morgan fingerprint density at radius 3 is 2.43 bits per heavy atom. The molecule has 0 saturated carbocycles.